The molecule has 1 aliphatic rings. The summed E-state index contributed by atoms with van der Waals surface area (Å²) in [5.41, 5.74) is 4.00. The van der Waals surface area contributed by atoms with Crippen LogP contribution in [0.15, 0.2) is 52.1 Å². The molecule has 28 heavy (non-hydrogen) atoms. The van der Waals surface area contributed by atoms with Crippen LogP contribution in [0.4, 0.5) is 0 Å². The third-order valence-corrected chi connectivity index (χ3v) is 5.56. The minimum atomic E-state index is 0.0361. The van der Waals surface area contributed by atoms with Gasteiger partial charge in [0.15, 0.2) is 5.78 Å². The Labute approximate surface area is 168 Å². The smallest absolute Gasteiger partial charge is 0.277 e. The predicted octanol–water partition coefficient (Wildman–Crippen LogP) is 4.94. The van der Waals surface area contributed by atoms with Gasteiger partial charge in [0.1, 0.15) is 5.75 Å². The number of carbonyl (C=O) groups excluding carboxylic acids is 1. The zero-order valence-corrected chi connectivity index (χ0v) is 17.0. The Hall–Kier alpha value is -2.60. The molecule has 5 nitrogen and oxygen atoms in total. The highest BCUT2D eigenvalue weighted by molar-refractivity contribution is 7.99. The molecule has 0 amide bonds. The first kappa shape index (κ1) is 18.7. The lowest BCUT2D eigenvalue weighted by atomic mass is 9.87. The molecule has 0 spiro atoms. The van der Waals surface area contributed by atoms with Crippen LogP contribution in [-0.2, 0) is 11.8 Å². The average Bonchev–Trinajstić information content (AvgIpc) is 3.34. The van der Waals surface area contributed by atoms with Gasteiger partial charge in [0.2, 0.25) is 5.89 Å². The van der Waals surface area contributed by atoms with Gasteiger partial charge in [-0.05, 0) is 46.9 Å². The molecule has 144 valence electrons. The van der Waals surface area contributed by atoms with Crippen molar-refractivity contribution in [2.24, 2.45) is 0 Å². The van der Waals surface area contributed by atoms with Gasteiger partial charge >= 0.3 is 0 Å². The highest BCUT2D eigenvalue weighted by atomic mass is 32.2. The van der Waals surface area contributed by atoms with E-state index < -0.39 is 0 Å². The Morgan fingerprint density at radius 2 is 1.89 bits per heavy atom. The highest BCUT2D eigenvalue weighted by Crippen LogP contribution is 2.29. The molecule has 4 rings (SSSR count). The van der Waals surface area contributed by atoms with Gasteiger partial charge in [-0.15, -0.1) is 10.2 Å². The lowest BCUT2D eigenvalue weighted by Gasteiger charge is -2.18. The molecule has 0 N–H and O–H groups in total. The molecule has 0 fully saturated rings. The Morgan fingerprint density at radius 1 is 1.11 bits per heavy atom. The van der Waals surface area contributed by atoms with Crippen LogP contribution in [0.2, 0.25) is 0 Å². The van der Waals surface area contributed by atoms with Gasteiger partial charge in [-0.1, -0.05) is 44.7 Å². The molecule has 1 aliphatic heterocycles. The number of benzene rings is 2. The minimum Gasteiger partial charge on any atom is -0.493 e. The summed E-state index contributed by atoms with van der Waals surface area (Å²) in [6, 6.07) is 13.7. The third kappa shape index (κ3) is 3.97. The fourth-order valence-electron chi connectivity index (χ4n) is 3.07. The number of thioether (sulfide) groups is 1. The lowest BCUT2D eigenvalue weighted by Crippen LogP contribution is -2.10. The number of fused-ring (bicyclic) bond motifs is 1. The molecule has 0 atom stereocenters. The van der Waals surface area contributed by atoms with Crippen molar-refractivity contribution in [2.75, 3.05) is 12.4 Å². The first-order chi connectivity index (χ1) is 13.4. The normalized spacial score (nSPS) is 13.2. The summed E-state index contributed by atoms with van der Waals surface area (Å²) < 4.78 is 11.2. The number of Topliss-reactive ketones (excluding diaryl/α,β-unsaturated/α-hetero) is 1. The Bertz CT molecular complexity index is 1000. The number of hydrogen-bond donors (Lipinski definition) is 0. The summed E-state index contributed by atoms with van der Waals surface area (Å²) in [4.78, 5) is 12.5. The van der Waals surface area contributed by atoms with Gasteiger partial charge in [-0.2, -0.15) is 0 Å². The van der Waals surface area contributed by atoms with Crippen LogP contribution in [0.5, 0.6) is 5.75 Å². The van der Waals surface area contributed by atoms with Gasteiger partial charge in [0.05, 0.1) is 12.4 Å². The largest absolute Gasteiger partial charge is 0.493 e. The molecule has 0 saturated carbocycles. The second kappa shape index (κ2) is 7.43. The number of ether oxygens (including phenoxy) is 1. The average molecular weight is 394 g/mol. The van der Waals surface area contributed by atoms with E-state index in [-0.39, 0.29) is 17.0 Å². The molecule has 0 bridgehead atoms. The monoisotopic (exact) mass is 394 g/mol. The van der Waals surface area contributed by atoms with Gasteiger partial charge in [0, 0.05) is 17.5 Å². The molecule has 0 aliphatic carbocycles. The molecule has 0 radical (unpaired) electrons. The fraction of sp³-hybridized carbons (Fsp3) is 0.318. The van der Waals surface area contributed by atoms with Crippen molar-refractivity contribution in [3.8, 4) is 17.2 Å². The van der Waals surface area contributed by atoms with Crippen LogP contribution in [0.1, 0.15) is 42.3 Å². The topological polar surface area (TPSA) is 65.2 Å². The Morgan fingerprint density at radius 3 is 2.64 bits per heavy atom. The molecule has 0 unspecified atom stereocenters. The van der Waals surface area contributed by atoms with Crippen LogP contribution < -0.4 is 4.74 Å². The summed E-state index contributed by atoms with van der Waals surface area (Å²) in [6.45, 7) is 7.21. The molecular weight excluding hydrogens is 372 g/mol. The van der Waals surface area contributed by atoms with E-state index in [4.69, 9.17) is 9.15 Å². The summed E-state index contributed by atoms with van der Waals surface area (Å²) in [7, 11) is 0. The van der Waals surface area contributed by atoms with Gasteiger partial charge < -0.3 is 9.15 Å². The number of ketones is 1. The second-order valence-corrected chi connectivity index (χ2v) is 8.76. The third-order valence-electron chi connectivity index (χ3n) is 4.74. The zero-order chi connectivity index (χ0) is 19.7. The van der Waals surface area contributed by atoms with Crippen molar-refractivity contribution in [2.45, 2.75) is 37.8 Å². The Balaban J connectivity index is 1.40. The molecule has 2 heterocycles. The van der Waals surface area contributed by atoms with E-state index in [2.05, 4.69) is 43.1 Å². The first-order valence-electron chi connectivity index (χ1n) is 9.26. The number of hydrogen-bond acceptors (Lipinski definition) is 6. The number of aromatic nitrogens is 2. The number of rotatable bonds is 5. The Kier molecular flexibility index (Phi) is 4.98. The maximum absolute atomic E-state index is 12.5. The fourth-order valence-corrected chi connectivity index (χ4v) is 3.73. The van der Waals surface area contributed by atoms with Crippen molar-refractivity contribution < 1.29 is 13.9 Å². The standard InChI is InChI=1S/C22H22N2O3S/c1-22(2,3)17-7-4-14(5-8-17)20-23-24-21(27-20)28-13-18(25)15-6-9-19-16(12-15)10-11-26-19/h4-9,12H,10-11,13H2,1-3H3. The van der Waals surface area contributed by atoms with Crippen molar-refractivity contribution in [3.05, 3.63) is 59.2 Å². The summed E-state index contributed by atoms with van der Waals surface area (Å²) >= 11 is 1.26. The molecule has 3 aromatic rings. The predicted molar refractivity (Wildman–Crippen MR) is 109 cm³/mol. The maximum atomic E-state index is 12.5. The zero-order valence-electron chi connectivity index (χ0n) is 16.2. The van der Waals surface area contributed by atoms with Crippen molar-refractivity contribution >= 4 is 17.5 Å². The van der Waals surface area contributed by atoms with Crippen LogP contribution in [0, 0.1) is 0 Å². The van der Waals surface area contributed by atoms with Crippen LogP contribution in [0.3, 0.4) is 0 Å². The molecule has 1 aromatic heterocycles. The lowest BCUT2D eigenvalue weighted by molar-refractivity contribution is 0.102. The molecule has 0 saturated heterocycles. The van der Waals surface area contributed by atoms with E-state index in [1.807, 2.05) is 30.3 Å². The SMILES string of the molecule is CC(C)(C)c1ccc(-c2nnc(SCC(=O)c3ccc4c(c3)CCO4)o2)cc1. The maximum Gasteiger partial charge on any atom is 0.277 e. The highest BCUT2D eigenvalue weighted by Gasteiger charge is 2.17. The number of nitrogens with zero attached hydrogens (tertiary/aromatic N) is 2. The van der Waals surface area contributed by atoms with Crippen LogP contribution >= 0.6 is 11.8 Å². The van der Waals surface area contributed by atoms with Gasteiger partial charge in [-0.3, -0.25) is 4.79 Å². The molecular formula is C22H22N2O3S. The van der Waals surface area contributed by atoms with E-state index in [9.17, 15) is 4.79 Å². The van der Waals surface area contributed by atoms with Crippen molar-refractivity contribution in [1.82, 2.24) is 10.2 Å². The first-order valence-corrected chi connectivity index (χ1v) is 10.2. The van der Waals surface area contributed by atoms with E-state index >= 15 is 0 Å². The summed E-state index contributed by atoms with van der Waals surface area (Å²) in [5.74, 6) is 1.63. The van der Waals surface area contributed by atoms with Crippen molar-refractivity contribution in [1.29, 1.82) is 0 Å². The van der Waals surface area contributed by atoms with E-state index in [0.29, 0.717) is 23.3 Å². The minimum absolute atomic E-state index is 0.0361. The number of carbonyl (C=O) groups is 1. The second-order valence-electron chi connectivity index (χ2n) is 7.83. The van der Waals surface area contributed by atoms with E-state index in [0.717, 1.165) is 23.3 Å². The summed E-state index contributed by atoms with van der Waals surface area (Å²) in [5, 5.41) is 8.57. The van der Waals surface area contributed by atoms with Crippen molar-refractivity contribution in [3.63, 3.8) is 0 Å². The van der Waals surface area contributed by atoms with Crippen LogP contribution in [0.25, 0.3) is 11.5 Å². The quantitative estimate of drug-likeness (QED) is 0.451. The van der Waals surface area contributed by atoms with Gasteiger partial charge in [-0.25, -0.2) is 0 Å². The van der Waals surface area contributed by atoms with E-state index in [1.165, 1.54) is 17.3 Å². The van der Waals surface area contributed by atoms with Crippen LogP contribution in [-0.4, -0.2) is 28.3 Å². The molecule has 6 heteroatoms. The molecule has 2 aromatic carbocycles. The van der Waals surface area contributed by atoms with Gasteiger partial charge in [0.25, 0.3) is 5.22 Å². The van der Waals surface area contributed by atoms with E-state index in [1.54, 1.807) is 0 Å². The summed E-state index contributed by atoms with van der Waals surface area (Å²) in [6.07, 6.45) is 0.852.